The zero-order valence-electron chi connectivity index (χ0n) is 12.1. The maximum atomic E-state index is 4.47. The zero-order chi connectivity index (χ0) is 13.4. The van der Waals surface area contributed by atoms with Crippen molar-refractivity contribution in [2.75, 3.05) is 18.1 Å². The molecule has 4 heteroatoms. The van der Waals surface area contributed by atoms with E-state index in [4.69, 9.17) is 0 Å². The molecule has 0 aliphatic heterocycles. The van der Waals surface area contributed by atoms with E-state index >= 15 is 0 Å². The summed E-state index contributed by atoms with van der Waals surface area (Å²) in [5.41, 5.74) is 0. The normalized spacial score (nSPS) is 13.2. The SMILES string of the molecule is CCNC(CSCC(C)C)Cc1nccn1CC. The van der Waals surface area contributed by atoms with Crippen molar-refractivity contribution in [2.45, 2.75) is 46.7 Å². The molecular weight excluding hydrogens is 242 g/mol. The van der Waals surface area contributed by atoms with Gasteiger partial charge in [-0.05, 0) is 25.1 Å². The van der Waals surface area contributed by atoms with Crippen LogP contribution in [0.2, 0.25) is 0 Å². The fourth-order valence-corrected chi connectivity index (χ4v) is 3.09. The number of hydrogen-bond acceptors (Lipinski definition) is 3. The second-order valence-corrected chi connectivity index (χ2v) is 6.09. The van der Waals surface area contributed by atoms with Crippen molar-refractivity contribution in [2.24, 2.45) is 5.92 Å². The summed E-state index contributed by atoms with van der Waals surface area (Å²) in [4.78, 5) is 4.47. The van der Waals surface area contributed by atoms with Crippen molar-refractivity contribution in [3.8, 4) is 0 Å². The van der Waals surface area contributed by atoms with Crippen molar-refractivity contribution >= 4 is 11.8 Å². The maximum Gasteiger partial charge on any atom is 0.110 e. The Bertz CT molecular complexity index is 323. The van der Waals surface area contributed by atoms with E-state index in [-0.39, 0.29) is 0 Å². The number of aryl methyl sites for hydroxylation is 1. The Kier molecular flexibility index (Phi) is 7.44. The minimum Gasteiger partial charge on any atom is -0.335 e. The van der Waals surface area contributed by atoms with E-state index in [0.717, 1.165) is 25.4 Å². The second-order valence-electron chi connectivity index (χ2n) is 5.02. The van der Waals surface area contributed by atoms with Crippen molar-refractivity contribution < 1.29 is 0 Å². The van der Waals surface area contributed by atoms with Gasteiger partial charge in [0.25, 0.3) is 0 Å². The Morgan fingerprint density at radius 1 is 1.33 bits per heavy atom. The van der Waals surface area contributed by atoms with Crippen LogP contribution in [0.5, 0.6) is 0 Å². The molecule has 18 heavy (non-hydrogen) atoms. The molecule has 0 aliphatic rings. The molecule has 0 spiro atoms. The Morgan fingerprint density at radius 2 is 2.11 bits per heavy atom. The van der Waals surface area contributed by atoms with Crippen LogP contribution in [0.3, 0.4) is 0 Å². The van der Waals surface area contributed by atoms with E-state index in [1.54, 1.807) is 0 Å². The molecule has 1 N–H and O–H groups in total. The number of rotatable bonds is 9. The smallest absolute Gasteiger partial charge is 0.110 e. The van der Waals surface area contributed by atoms with Crippen molar-refractivity contribution in [1.82, 2.24) is 14.9 Å². The van der Waals surface area contributed by atoms with Crippen LogP contribution in [-0.2, 0) is 13.0 Å². The average molecular weight is 269 g/mol. The lowest BCUT2D eigenvalue weighted by atomic mass is 10.2. The standard InChI is InChI=1S/C14H27N3S/c1-5-15-13(11-18-10-12(3)4)9-14-16-7-8-17(14)6-2/h7-8,12-13,15H,5-6,9-11H2,1-4H3. The maximum absolute atomic E-state index is 4.47. The third kappa shape index (κ3) is 5.44. The van der Waals surface area contributed by atoms with Crippen molar-refractivity contribution in [1.29, 1.82) is 0 Å². The molecule has 1 aromatic rings. The number of nitrogens with zero attached hydrogens (tertiary/aromatic N) is 2. The second kappa shape index (κ2) is 8.59. The van der Waals surface area contributed by atoms with Gasteiger partial charge in [0, 0.05) is 37.2 Å². The van der Waals surface area contributed by atoms with Crippen LogP contribution in [0.25, 0.3) is 0 Å². The van der Waals surface area contributed by atoms with Crippen LogP contribution >= 0.6 is 11.8 Å². The van der Waals surface area contributed by atoms with E-state index in [1.165, 1.54) is 17.3 Å². The highest BCUT2D eigenvalue weighted by Gasteiger charge is 2.12. The summed E-state index contributed by atoms with van der Waals surface area (Å²) in [5, 5.41) is 3.57. The van der Waals surface area contributed by atoms with Crippen LogP contribution in [0, 0.1) is 5.92 Å². The molecule has 0 saturated carbocycles. The fourth-order valence-electron chi connectivity index (χ4n) is 1.96. The van der Waals surface area contributed by atoms with Gasteiger partial charge in [0.2, 0.25) is 0 Å². The molecule has 1 unspecified atom stereocenters. The van der Waals surface area contributed by atoms with Crippen LogP contribution in [0.15, 0.2) is 12.4 Å². The third-order valence-electron chi connectivity index (χ3n) is 2.83. The van der Waals surface area contributed by atoms with Gasteiger partial charge in [0.15, 0.2) is 0 Å². The average Bonchev–Trinajstić information content (AvgIpc) is 2.76. The lowest BCUT2D eigenvalue weighted by Gasteiger charge is -2.18. The van der Waals surface area contributed by atoms with Crippen LogP contribution in [0.4, 0.5) is 0 Å². The molecule has 0 fully saturated rings. The molecule has 0 amide bonds. The highest BCUT2D eigenvalue weighted by molar-refractivity contribution is 7.99. The van der Waals surface area contributed by atoms with E-state index in [1.807, 2.05) is 18.0 Å². The van der Waals surface area contributed by atoms with Gasteiger partial charge in [-0.25, -0.2) is 4.98 Å². The van der Waals surface area contributed by atoms with Crippen molar-refractivity contribution in [3.63, 3.8) is 0 Å². The number of likely N-dealkylation sites (N-methyl/N-ethyl adjacent to an activating group) is 1. The van der Waals surface area contributed by atoms with Gasteiger partial charge in [-0.2, -0.15) is 11.8 Å². The molecule has 0 saturated heterocycles. The summed E-state index contributed by atoms with van der Waals surface area (Å²) in [7, 11) is 0. The summed E-state index contributed by atoms with van der Waals surface area (Å²) in [5.74, 6) is 4.38. The molecule has 104 valence electrons. The number of nitrogens with one attached hydrogen (secondary N) is 1. The molecule has 3 nitrogen and oxygen atoms in total. The number of aromatic nitrogens is 2. The van der Waals surface area contributed by atoms with Gasteiger partial charge in [0.1, 0.15) is 5.82 Å². The van der Waals surface area contributed by atoms with E-state index < -0.39 is 0 Å². The van der Waals surface area contributed by atoms with Crippen LogP contribution < -0.4 is 5.32 Å². The molecule has 1 rings (SSSR count). The predicted molar refractivity (Wildman–Crippen MR) is 81.2 cm³/mol. The molecule has 0 bridgehead atoms. The Labute approximate surface area is 116 Å². The van der Waals surface area contributed by atoms with Gasteiger partial charge in [0.05, 0.1) is 0 Å². The monoisotopic (exact) mass is 269 g/mol. The Balaban J connectivity index is 2.46. The summed E-state index contributed by atoms with van der Waals surface area (Å²) in [6, 6.07) is 0.534. The van der Waals surface area contributed by atoms with Gasteiger partial charge in [-0.1, -0.05) is 20.8 Å². The van der Waals surface area contributed by atoms with Gasteiger partial charge in [-0.15, -0.1) is 0 Å². The zero-order valence-corrected chi connectivity index (χ0v) is 13.0. The quantitative estimate of drug-likeness (QED) is 0.747. The van der Waals surface area contributed by atoms with Gasteiger partial charge in [-0.3, -0.25) is 0 Å². The first-order chi connectivity index (χ1) is 8.67. The Morgan fingerprint density at radius 3 is 2.72 bits per heavy atom. The topological polar surface area (TPSA) is 29.9 Å². The molecule has 0 aliphatic carbocycles. The van der Waals surface area contributed by atoms with Gasteiger partial charge >= 0.3 is 0 Å². The largest absolute Gasteiger partial charge is 0.335 e. The first-order valence-electron chi connectivity index (χ1n) is 6.98. The van der Waals surface area contributed by atoms with Crippen LogP contribution in [-0.4, -0.2) is 33.6 Å². The Hall–Kier alpha value is -0.480. The summed E-state index contributed by atoms with van der Waals surface area (Å²) in [6.07, 6.45) is 5.00. The van der Waals surface area contributed by atoms with Gasteiger partial charge < -0.3 is 9.88 Å². The number of hydrogen-bond donors (Lipinski definition) is 1. The lowest BCUT2D eigenvalue weighted by Crippen LogP contribution is -2.34. The molecular formula is C14H27N3S. The third-order valence-corrected chi connectivity index (χ3v) is 4.37. The van der Waals surface area contributed by atoms with Crippen LogP contribution in [0.1, 0.15) is 33.5 Å². The van der Waals surface area contributed by atoms with E-state index in [0.29, 0.717) is 6.04 Å². The predicted octanol–water partition coefficient (Wildman–Crippen LogP) is 2.81. The minimum absolute atomic E-state index is 0.534. The van der Waals surface area contributed by atoms with Crippen molar-refractivity contribution in [3.05, 3.63) is 18.2 Å². The highest BCUT2D eigenvalue weighted by atomic mass is 32.2. The fraction of sp³-hybridized carbons (Fsp3) is 0.786. The summed E-state index contributed by atoms with van der Waals surface area (Å²) < 4.78 is 2.23. The first kappa shape index (κ1) is 15.6. The minimum atomic E-state index is 0.534. The summed E-state index contributed by atoms with van der Waals surface area (Å²) >= 11 is 2.05. The number of thioether (sulfide) groups is 1. The van der Waals surface area contributed by atoms with E-state index in [9.17, 15) is 0 Å². The molecule has 1 atom stereocenters. The lowest BCUT2D eigenvalue weighted by molar-refractivity contribution is 0.541. The summed E-state index contributed by atoms with van der Waals surface area (Å²) in [6.45, 7) is 10.9. The first-order valence-corrected chi connectivity index (χ1v) is 8.13. The molecule has 1 heterocycles. The molecule has 1 aromatic heterocycles. The number of imidazole rings is 1. The van der Waals surface area contributed by atoms with E-state index in [2.05, 4.69) is 48.8 Å². The molecule has 0 radical (unpaired) electrons. The molecule has 0 aromatic carbocycles. The highest BCUT2D eigenvalue weighted by Crippen LogP contribution is 2.12.